The van der Waals surface area contributed by atoms with E-state index in [1.54, 1.807) is 16.7 Å². The molecule has 184 valence electrons. The van der Waals surface area contributed by atoms with Gasteiger partial charge in [0, 0.05) is 12.3 Å². The van der Waals surface area contributed by atoms with Gasteiger partial charge in [0.2, 0.25) is 11.8 Å². The molecule has 0 saturated carbocycles. The molecule has 35 heavy (non-hydrogen) atoms. The number of para-hydroxylation sites is 1. The number of aryl methyl sites for hydroxylation is 3. The molecule has 1 unspecified atom stereocenters. The number of carbonyl (C=O) groups is 2. The summed E-state index contributed by atoms with van der Waals surface area (Å²) in [6.07, 6.45) is 1.81. The van der Waals surface area contributed by atoms with Crippen LogP contribution in [0.15, 0.2) is 46.3 Å². The number of hydrogen-bond acceptors (Lipinski definition) is 6. The molecule has 2 heterocycles. The molecule has 1 saturated heterocycles. The van der Waals surface area contributed by atoms with Crippen molar-refractivity contribution in [1.29, 1.82) is 0 Å². The van der Waals surface area contributed by atoms with Gasteiger partial charge in [0.1, 0.15) is 0 Å². The van der Waals surface area contributed by atoms with Crippen molar-refractivity contribution in [3.8, 4) is 0 Å². The lowest BCUT2D eigenvalue weighted by Gasteiger charge is -2.16. The zero-order chi connectivity index (χ0) is 24.9. The first-order valence-electron chi connectivity index (χ1n) is 11.7. The van der Waals surface area contributed by atoms with E-state index in [0.717, 1.165) is 35.2 Å². The first-order valence-corrected chi connectivity index (χ1v) is 12.7. The van der Waals surface area contributed by atoms with Gasteiger partial charge in [0.15, 0.2) is 5.16 Å². The van der Waals surface area contributed by atoms with Gasteiger partial charge in [-0.3, -0.25) is 19.0 Å². The summed E-state index contributed by atoms with van der Waals surface area (Å²) in [4.78, 5) is 42.7. The molecule has 3 aromatic rings. The number of fused-ring (bicyclic) bond motifs is 1. The summed E-state index contributed by atoms with van der Waals surface area (Å²) < 4.78 is 7.32. The quantitative estimate of drug-likeness (QED) is 0.368. The van der Waals surface area contributed by atoms with Crippen LogP contribution >= 0.6 is 11.8 Å². The summed E-state index contributed by atoms with van der Waals surface area (Å²) in [5, 5.41) is 6.54. The maximum absolute atomic E-state index is 13.1. The second-order valence-corrected chi connectivity index (χ2v) is 9.79. The number of aromatic nitrogens is 2. The molecule has 9 heteroatoms. The highest BCUT2D eigenvalue weighted by Crippen LogP contribution is 2.22. The first kappa shape index (κ1) is 24.9. The van der Waals surface area contributed by atoms with Gasteiger partial charge in [-0.05, 0) is 56.9 Å². The molecule has 2 aromatic carbocycles. The Morgan fingerprint density at radius 1 is 1.14 bits per heavy atom. The van der Waals surface area contributed by atoms with Gasteiger partial charge in [0.25, 0.3) is 5.56 Å². The predicted molar refractivity (Wildman–Crippen MR) is 138 cm³/mol. The summed E-state index contributed by atoms with van der Waals surface area (Å²) in [5.41, 5.74) is 4.30. The summed E-state index contributed by atoms with van der Waals surface area (Å²) in [6.45, 7) is 6.84. The van der Waals surface area contributed by atoms with Gasteiger partial charge in [-0.15, -0.1) is 0 Å². The molecular weight excluding hydrogens is 464 g/mol. The SMILES string of the molecule is Cc1cc(C)c(NC(=O)CNC(=O)CSc2nc3ccccc3c(=O)n2CC2CCCO2)c(C)c1. The van der Waals surface area contributed by atoms with Gasteiger partial charge < -0.3 is 15.4 Å². The minimum absolute atomic E-state index is 0.0339. The van der Waals surface area contributed by atoms with Crippen LogP contribution in [-0.4, -0.2) is 46.4 Å². The van der Waals surface area contributed by atoms with Crippen LogP contribution in [0.25, 0.3) is 10.9 Å². The first-order chi connectivity index (χ1) is 16.8. The van der Waals surface area contributed by atoms with Gasteiger partial charge >= 0.3 is 0 Å². The molecule has 1 atom stereocenters. The topological polar surface area (TPSA) is 102 Å². The fourth-order valence-electron chi connectivity index (χ4n) is 4.33. The van der Waals surface area contributed by atoms with E-state index in [2.05, 4.69) is 15.6 Å². The van der Waals surface area contributed by atoms with Crippen LogP contribution < -0.4 is 16.2 Å². The highest BCUT2D eigenvalue weighted by molar-refractivity contribution is 7.99. The van der Waals surface area contributed by atoms with E-state index in [1.807, 2.05) is 45.0 Å². The van der Waals surface area contributed by atoms with Crippen LogP contribution in [-0.2, 0) is 20.9 Å². The fourth-order valence-corrected chi connectivity index (χ4v) is 5.17. The van der Waals surface area contributed by atoms with E-state index in [1.165, 1.54) is 11.8 Å². The Labute approximate surface area is 208 Å². The van der Waals surface area contributed by atoms with E-state index in [9.17, 15) is 14.4 Å². The average Bonchev–Trinajstić information content (AvgIpc) is 3.34. The van der Waals surface area contributed by atoms with Crippen LogP contribution in [0.3, 0.4) is 0 Å². The maximum atomic E-state index is 13.1. The zero-order valence-electron chi connectivity index (χ0n) is 20.2. The van der Waals surface area contributed by atoms with E-state index in [0.29, 0.717) is 29.2 Å². The number of carbonyl (C=O) groups excluding carboxylic acids is 2. The van der Waals surface area contributed by atoms with Crippen molar-refractivity contribution in [2.45, 2.75) is 51.4 Å². The number of benzene rings is 2. The number of amides is 2. The van der Waals surface area contributed by atoms with Gasteiger partial charge in [-0.2, -0.15) is 0 Å². The summed E-state index contributed by atoms with van der Waals surface area (Å²) >= 11 is 1.18. The standard InChI is InChI=1S/C26H30N4O4S/c1-16-11-17(2)24(18(3)12-16)29-22(31)13-27-23(32)15-35-26-28-21-9-5-4-8-20(21)25(33)30(26)14-19-7-6-10-34-19/h4-5,8-9,11-12,19H,6-7,10,13-15H2,1-3H3,(H,27,32)(H,29,31). The molecule has 0 aliphatic carbocycles. The van der Waals surface area contributed by atoms with Crippen LogP contribution in [0.4, 0.5) is 5.69 Å². The molecule has 1 aliphatic rings. The summed E-state index contributed by atoms with van der Waals surface area (Å²) in [7, 11) is 0. The average molecular weight is 495 g/mol. The van der Waals surface area contributed by atoms with E-state index >= 15 is 0 Å². The lowest BCUT2D eigenvalue weighted by molar-refractivity contribution is -0.122. The minimum Gasteiger partial charge on any atom is -0.376 e. The van der Waals surface area contributed by atoms with E-state index in [4.69, 9.17) is 4.74 Å². The van der Waals surface area contributed by atoms with Crippen molar-refractivity contribution in [3.05, 3.63) is 63.4 Å². The number of thioether (sulfide) groups is 1. The highest BCUT2D eigenvalue weighted by Gasteiger charge is 2.21. The Hall–Kier alpha value is -3.17. The molecule has 1 fully saturated rings. The molecule has 4 rings (SSSR count). The van der Waals surface area contributed by atoms with Crippen molar-refractivity contribution < 1.29 is 14.3 Å². The Morgan fingerprint density at radius 2 is 1.89 bits per heavy atom. The molecule has 1 aromatic heterocycles. The summed E-state index contributed by atoms with van der Waals surface area (Å²) in [6, 6.07) is 11.2. The monoisotopic (exact) mass is 494 g/mol. The maximum Gasteiger partial charge on any atom is 0.262 e. The Morgan fingerprint density at radius 3 is 2.60 bits per heavy atom. The molecule has 0 spiro atoms. The van der Waals surface area contributed by atoms with Crippen molar-refractivity contribution in [2.24, 2.45) is 0 Å². The molecule has 2 N–H and O–H groups in total. The molecular formula is C26H30N4O4S. The third-order valence-corrected chi connectivity index (χ3v) is 6.93. The third-order valence-electron chi connectivity index (χ3n) is 5.96. The van der Waals surface area contributed by atoms with Crippen molar-refractivity contribution >= 4 is 40.2 Å². The predicted octanol–water partition coefficient (Wildman–Crippen LogP) is 3.35. The Bertz CT molecular complexity index is 1290. The number of rotatable bonds is 8. The van der Waals surface area contributed by atoms with Crippen molar-refractivity contribution in [1.82, 2.24) is 14.9 Å². The number of nitrogens with zero attached hydrogens (tertiary/aromatic N) is 2. The van der Waals surface area contributed by atoms with Gasteiger partial charge in [-0.25, -0.2) is 4.98 Å². The van der Waals surface area contributed by atoms with E-state index < -0.39 is 0 Å². The highest BCUT2D eigenvalue weighted by atomic mass is 32.2. The van der Waals surface area contributed by atoms with E-state index in [-0.39, 0.29) is 35.8 Å². The normalized spacial score (nSPS) is 15.3. The van der Waals surface area contributed by atoms with Gasteiger partial charge in [-0.1, -0.05) is 41.6 Å². The minimum atomic E-state index is -0.312. The van der Waals surface area contributed by atoms with Crippen LogP contribution in [0, 0.1) is 20.8 Å². The molecule has 8 nitrogen and oxygen atoms in total. The lowest BCUT2D eigenvalue weighted by atomic mass is 10.1. The molecule has 0 bridgehead atoms. The van der Waals surface area contributed by atoms with Crippen LogP contribution in [0.5, 0.6) is 0 Å². The molecule has 2 amide bonds. The number of ether oxygens (including phenoxy) is 1. The van der Waals surface area contributed by atoms with Gasteiger partial charge in [0.05, 0.1) is 35.8 Å². The van der Waals surface area contributed by atoms with Crippen LogP contribution in [0.1, 0.15) is 29.5 Å². The summed E-state index contributed by atoms with van der Waals surface area (Å²) in [5.74, 6) is -0.572. The Balaban J connectivity index is 1.40. The molecule has 1 aliphatic heterocycles. The smallest absolute Gasteiger partial charge is 0.262 e. The number of nitrogens with one attached hydrogen (secondary N) is 2. The number of anilines is 1. The lowest BCUT2D eigenvalue weighted by Crippen LogP contribution is -2.34. The second-order valence-electron chi connectivity index (χ2n) is 8.85. The zero-order valence-corrected chi connectivity index (χ0v) is 21.0. The number of hydrogen-bond donors (Lipinski definition) is 2. The third kappa shape index (κ3) is 6.10. The fraction of sp³-hybridized carbons (Fsp3) is 0.385. The largest absolute Gasteiger partial charge is 0.376 e. The van der Waals surface area contributed by atoms with Crippen molar-refractivity contribution in [2.75, 3.05) is 24.2 Å². The van der Waals surface area contributed by atoms with Crippen LogP contribution in [0.2, 0.25) is 0 Å². The molecule has 0 radical (unpaired) electrons. The Kier molecular flexibility index (Phi) is 7.87. The van der Waals surface area contributed by atoms with Crippen molar-refractivity contribution in [3.63, 3.8) is 0 Å². The second kappa shape index (κ2) is 11.0.